The highest BCUT2D eigenvalue weighted by Crippen LogP contribution is 1.99. The van der Waals surface area contributed by atoms with Crippen molar-refractivity contribution in [1.82, 2.24) is 10.9 Å². The number of nitrogens with two attached hydrogens (primary N) is 2. The van der Waals surface area contributed by atoms with Crippen molar-refractivity contribution < 1.29 is 15.3 Å². The highest BCUT2D eigenvalue weighted by Gasteiger charge is 2.17. The van der Waals surface area contributed by atoms with Gasteiger partial charge >= 0.3 is 0 Å². The third-order valence-electron chi connectivity index (χ3n) is 1.75. The van der Waals surface area contributed by atoms with E-state index in [-0.39, 0.29) is 22.4 Å². The number of hydrogen-bond acceptors (Lipinski definition) is 7. The van der Waals surface area contributed by atoms with Crippen molar-refractivity contribution in [2.45, 2.75) is 18.6 Å². The summed E-state index contributed by atoms with van der Waals surface area (Å²) in [7, 11) is 0. The van der Waals surface area contributed by atoms with Gasteiger partial charge in [-0.3, -0.25) is 10.9 Å². The molecule has 0 unspecified atom stereocenters. The molecule has 11 heteroatoms. The molecule has 0 aromatic heterocycles. The summed E-state index contributed by atoms with van der Waals surface area (Å²) in [5, 5.41) is 34.7. The molecule has 0 rings (SSSR count). The SMILES string of the molecule is NC(=S)N/N=C(\C=N\NC(N)=S)C[C@H](O)[C@H](O)CO. The number of rotatable bonds is 7. The standard InChI is InChI=1S/C8H16N6O3S2/c9-7(18)13-11-2-4(12-14-8(10)19)1-5(16)6(17)3-15/h2,5-6,15-17H,1,3H2,(H3,9,13,18)(H3,10,14,19)/b11-2+,12-4-/t5-,6+/m0/s1. The van der Waals surface area contributed by atoms with Crippen LogP contribution in [0.15, 0.2) is 10.2 Å². The van der Waals surface area contributed by atoms with Crippen molar-refractivity contribution in [3.63, 3.8) is 0 Å². The van der Waals surface area contributed by atoms with Crippen LogP contribution in [0.25, 0.3) is 0 Å². The Morgan fingerprint density at radius 3 is 2.21 bits per heavy atom. The summed E-state index contributed by atoms with van der Waals surface area (Å²) < 4.78 is 0. The van der Waals surface area contributed by atoms with Crippen LogP contribution >= 0.6 is 24.4 Å². The lowest BCUT2D eigenvalue weighted by atomic mass is 10.1. The molecule has 0 saturated carbocycles. The lowest BCUT2D eigenvalue weighted by molar-refractivity contribution is -0.00974. The summed E-state index contributed by atoms with van der Waals surface area (Å²) in [6.07, 6.45) is -1.42. The van der Waals surface area contributed by atoms with Crippen LogP contribution in [0.3, 0.4) is 0 Å². The first kappa shape index (κ1) is 17.6. The van der Waals surface area contributed by atoms with Crippen LogP contribution in [-0.4, -0.2) is 56.3 Å². The van der Waals surface area contributed by atoms with Crippen molar-refractivity contribution in [2.24, 2.45) is 21.7 Å². The lowest BCUT2D eigenvalue weighted by Crippen LogP contribution is -2.33. The second kappa shape index (κ2) is 9.52. The third kappa shape index (κ3) is 9.21. The minimum atomic E-state index is -1.30. The second-order valence-corrected chi connectivity index (χ2v) is 4.21. The highest BCUT2D eigenvalue weighted by molar-refractivity contribution is 7.80. The van der Waals surface area contributed by atoms with Gasteiger partial charge in [0, 0.05) is 6.42 Å². The van der Waals surface area contributed by atoms with Gasteiger partial charge in [0.05, 0.1) is 24.6 Å². The monoisotopic (exact) mass is 308 g/mol. The van der Waals surface area contributed by atoms with Crippen LogP contribution in [0, 0.1) is 0 Å². The van der Waals surface area contributed by atoms with Gasteiger partial charge in [-0.1, -0.05) is 0 Å². The maximum Gasteiger partial charge on any atom is 0.184 e. The Morgan fingerprint density at radius 2 is 1.74 bits per heavy atom. The molecule has 2 atom stereocenters. The van der Waals surface area contributed by atoms with E-state index in [4.69, 9.17) is 16.6 Å². The predicted octanol–water partition coefficient (Wildman–Crippen LogP) is -2.90. The molecule has 9 nitrogen and oxygen atoms in total. The van der Waals surface area contributed by atoms with Gasteiger partial charge in [0.15, 0.2) is 10.2 Å². The Hall–Kier alpha value is -1.40. The van der Waals surface area contributed by atoms with Gasteiger partial charge in [-0.2, -0.15) is 10.2 Å². The van der Waals surface area contributed by atoms with E-state index in [1.807, 2.05) is 0 Å². The topological polar surface area (TPSA) is 162 Å². The van der Waals surface area contributed by atoms with Crippen molar-refractivity contribution in [3.8, 4) is 0 Å². The summed E-state index contributed by atoms with van der Waals surface area (Å²) in [6, 6.07) is 0. The molecule has 108 valence electrons. The fraction of sp³-hybridized carbons (Fsp3) is 0.500. The quantitative estimate of drug-likeness (QED) is 0.148. The number of thiocarbonyl (C=S) groups is 2. The van der Waals surface area contributed by atoms with E-state index in [2.05, 4.69) is 45.5 Å². The van der Waals surface area contributed by atoms with Gasteiger partial charge in [0.25, 0.3) is 0 Å². The Kier molecular flexibility index (Phi) is 8.82. The molecule has 0 aliphatic rings. The summed E-state index contributed by atoms with van der Waals surface area (Å²) in [5.74, 6) is 0. The molecule has 19 heavy (non-hydrogen) atoms. The van der Waals surface area contributed by atoms with Crippen LogP contribution in [0.5, 0.6) is 0 Å². The van der Waals surface area contributed by atoms with Gasteiger partial charge in [0.1, 0.15) is 6.10 Å². The van der Waals surface area contributed by atoms with E-state index in [0.717, 1.165) is 0 Å². The molecule has 0 heterocycles. The van der Waals surface area contributed by atoms with Gasteiger partial charge in [-0.15, -0.1) is 0 Å². The number of aliphatic hydroxyl groups is 3. The molecule has 0 aromatic carbocycles. The van der Waals surface area contributed by atoms with Gasteiger partial charge in [-0.25, -0.2) is 0 Å². The fourth-order valence-corrected chi connectivity index (χ4v) is 0.995. The average molecular weight is 308 g/mol. The Labute approximate surface area is 120 Å². The molecule has 0 fully saturated rings. The first-order valence-corrected chi connectivity index (χ1v) is 5.86. The van der Waals surface area contributed by atoms with Crippen LogP contribution in [0.2, 0.25) is 0 Å². The minimum absolute atomic E-state index is 0.0474. The Morgan fingerprint density at radius 1 is 1.16 bits per heavy atom. The summed E-state index contributed by atoms with van der Waals surface area (Å²) >= 11 is 9.10. The normalized spacial score (nSPS) is 15.0. The molecular formula is C8H16N6O3S2. The van der Waals surface area contributed by atoms with Crippen LogP contribution in [-0.2, 0) is 0 Å². The zero-order chi connectivity index (χ0) is 14.8. The van der Waals surface area contributed by atoms with E-state index < -0.39 is 18.8 Å². The zero-order valence-corrected chi connectivity index (χ0v) is 11.5. The molecular weight excluding hydrogens is 292 g/mol. The van der Waals surface area contributed by atoms with Crippen LogP contribution < -0.4 is 22.3 Å². The zero-order valence-electron chi connectivity index (χ0n) is 9.85. The van der Waals surface area contributed by atoms with Crippen molar-refractivity contribution in [2.75, 3.05) is 6.61 Å². The molecule has 0 bridgehead atoms. The maximum absolute atomic E-state index is 9.55. The molecule has 0 aromatic rings. The fourth-order valence-electron chi connectivity index (χ4n) is 0.897. The molecule has 0 aliphatic heterocycles. The van der Waals surface area contributed by atoms with Crippen molar-refractivity contribution in [3.05, 3.63) is 0 Å². The molecule has 9 N–H and O–H groups in total. The number of nitrogens with one attached hydrogen (secondary N) is 2. The van der Waals surface area contributed by atoms with E-state index in [1.54, 1.807) is 0 Å². The summed E-state index contributed by atoms with van der Waals surface area (Å²) in [6.45, 7) is -0.584. The van der Waals surface area contributed by atoms with Crippen molar-refractivity contribution in [1.29, 1.82) is 0 Å². The summed E-state index contributed by atoms with van der Waals surface area (Å²) in [5.41, 5.74) is 15.2. The van der Waals surface area contributed by atoms with Crippen molar-refractivity contribution >= 4 is 46.6 Å². The largest absolute Gasteiger partial charge is 0.394 e. The molecule has 0 amide bonds. The van der Waals surface area contributed by atoms with Crippen LogP contribution in [0.1, 0.15) is 6.42 Å². The number of aliphatic hydroxyl groups excluding tert-OH is 3. The molecule has 0 spiro atoms. The maximum atomic E-state index is 9.55. The minimum Gasteiger partial charge on any atom is -0.394 e. The first-order chi connectivity index (χ1) is 8.86. The molecule has 0 radical (unpaired) electrons. The predicted molar refractivity (Wildman–Crippen MR) is 79.5 cm³/mol. The summed E-state index contributed by atoms with van der Waals surface area (Å²) in [4.78, 5) is 0. The van der Waals surface area contributed by atoms with Gasteiger partial charge in [0.2, 0.25) is 0 Å². The molecule has 0 saturated heterocycles. The van der Waals surface area contributed by atoms with Crippen LogP contribution in [0.4, 0.5) is 0 Å². The van der Waals surface area contributed by atoms with E-state index in [9.17, 15) is 10.2 Å². The van der Waals surface area contributed by atoms with E-state index in [0.29, 0.717) is 0 Å². The Bertz CT molecular complexity index is 375. The van der Waals surface area contributed by atoms with Gasteiger partial charge < -0.3 is 26.8 Å². The van der Waals surface area contributed by atoms with E-state index >= 15 is 0 Å². The first-order valence-electron chi connectivity index (χ1n) is 5.04. The number of hydrogen-bond donors (Lipinski definition) is 7. The lowest BCUT2D eigenvalue weighted by Gasteiger charge is -2.15. The number of nitrogens with zero attached hydrogens (tertiary/aromatic N) is 2. The third-order valence-corrected chi connectivity index (χ3v) is 1.93. The number of hydrazone groups is 2. The average Bonchev–Trinajstić information content (AvgIpc) is 2.33. The van der Waals surface area contributed by atoms with E-state index in [1.165, 1.54) is 6.21 Å². The Balaban J connectivity index is 4.67. The second-order valence-electron chi connectivity index (χ2n) is 3.33. The molecule has 0 aliphatic carbocycles. The highest BCUT2D eigenvalue weighted by atomic mass is 32.1. The van der Waals surface area contributed by atoms with Gasteiger partial charge in [-0.05, 0) is 24.4 Å². The smallest absolute Gasteiger partial charge is 0.184 e.